The standard InChI is InChI=1S/C18H16INO3/c1-3-23-16-10-11(9-14(19)17(16)22-2)8-13-12-6-4-5-7-15(12)20-18(13)21/h4-10H,3H2,1-2H3,(H,20,21)/b13-8-. The van der Waals surface area contributed by atoms with Gasteiger partial charge in [-0.1, -0.05) is 18.2 Å². The summed E-state index contributed by atoms with van der Waals surface area (Å²) in [5, 5.41) is 2.88. The average Bonchev–Trinajstić information content (AvgIpc) is 2.84. The first-order valence-corrected chi connectivity index (χ1v) is 8.34. The summed E-state index contributed by atoms with van der Waals surface area (Å²) in [5.41, 5.74) is 3.32. The van der Waals surface area contributed by atoms with Crippen molar-refractivity contribution in [3.8, 4) is 11.5 Å². The van der Waals surface area contributed by atoms with Crippen molar-refractivity contribution in [2.45, 2.75) is 6.92 Å². The fraction of sp³-hybridized carbons (Fsp3) is 0.167. The normalized spacial score (nSPS) is 14.6. The Balaban J connectivity index is 2.08. The summed E-state index contributed by atoms with van der Waals surface area (Å²) in [5.74, 6) is 1.31. The number of carbonyl (C=O) groups excluding carboxylic acids is 1. The average molecular weight is 421 g/mol. The van der Waals surface area contributed by atoms with Crippen LogP contribution in [0.3, 0.4) is 0 Å². The molecule has 1 heterocycles. The second kappa shape index (κ2) is 6.62. The highest BCUT2D eigenvalue weighted by molar-refractivity contribution is 14.1. The third-order valence-corrected chi connectivity index (χ3v) is 4.36. The van der Waals surface area contributed by atoms with Crippen LogP contribution >= 0.6 is 22.6 Å². The van der Waals surface area contributed by atoms with Gasteiger partial charge in [-0.05, 0) is 59.4 Å². The van der Waals surface area contributed by atoms with Crippen molar-refractivity contribution in [2.75, 3.05) is 19.0 Å². The smallest absolute Gasteiger partial charge is 0.256 e. The van der Waals surface area contributed by atoms with Crippen molar-refractivity contribution in [1.82, 2.24) is 0 Å². The van der Waals surface area contributed by atoms with E-state index in [1.165, 1.54) is 0 Å². The first-order chi connectivity index (χ1) is 11.1. The molecule has 3 rings (SSSR count). The molecule has 5 heteroatoms. The number of para-hydroxylation sites is 1. The van der Waals surface area contributed by atoms with E-state index in [1.807, 2.05) is 49.4 Å². The number of rotatable bonds is 4. The summed E-state index contributed by atoms with van der Waals surface area (Å²) in [7, 11) is 1.62. The van der Waals surface area contributed by atoms with Gasteiger partial charge < -0.3 is 14.8 Å². The summed E-state index contributed by atoms with van der Waals surface area (Å²) in [4.78, 5) is 12.2. The molecule has 23 heavy (non-hydrogen) atoms. The lowest BCUT2D eigenvalue weighted by atomic mass is 10.0. The van der Waals surface area contributed by atoms with Gasteiger partial charge >= 0.3 is 0 Å². The molecule has 1 aliphatic heterocycles. The van der Waals surface area contributed by atoms with Gasteiger partial charge in [0.15, 0.2) is 11.5 Å². The second-order valence-corrected chi connectivity index (χ2v) is 6.19. The topological polar surface area (TPSA) is 47.6 Å². The fourth-order valence-electron chi connectivity index (χ4n) is 2.58. The SMILES string of the molecule is CCOc1cc(/C=C2\C(=O)Nc3ccccc32)cc(I)c1OC. The van der Waals surface area contributed by atoms with E-state index < -0.39 is 0 Å². The Morgan fingerprint density at radius 1 is 1.26 bits per heavy atom. The molecule has 2 aromatic carbocycles. The van der Waals surface area contributed by atoms with Crippen molar-refractivity contribution in [1.29, 1.82) is 0 Å². The third-order valence-electron chi connectivity index (χ3n) is 3.56. The molecule has 4 nitrogen and oxygen atoms in total. The molecule has 2 aromatic rings. The number of hydrogen-bond acceptors (Lipinski definition) is 3. The van der Waals surface area contributed by atoms with Crippen LogP contribution in [-0.2, 0) is 4.79 Å². The highest BCUT2D eigenvalue weighted by atomic mass is 127. The van der Waals surface area contributed by atoms with Crippen LogP contribution in [0.4, 0.5) is 5.69 Å². The molecule has 0 aliphatic carbocycles. The molecule has 0 saturated heterocycles. The van der Waals surface area contributed by atoms with E-state index >= 15 is 0 Å². The monoisotopic (exact) mass is 421 g/mol. The Hall–Kier alpha value is -2.02. The van der Waals surface area contributed by atoms with E-state index in [2.05, 4.69) is 27.9 Å². The van der Waals surface area contributed by atoms with Gasteiger partial charge in [0.25, 0.3) is 5.91 Å². The van der Waals surface area contributed by atoms with Crippen LogP contribution in [0.25, 0.3) is 11.6 Å². The van der Waals surface area contributed by atoms with E-state index in [9.17, 15) is 4.79 Å². The van der Waals surface area contributed by atoms with Crippen LogP contribution in [0.1, 0.15) is 18.1 Å². The molecule has 0 saturated carbocycles. The largest absolute Gasteiger partial charge is 0.492 e. The second-order valence-electron chi connectivity index (χ2n) is 5.02. The van der Waals surface area contributed by atoms with Crippen molar-refractivity contribution in [3.05, 3.63) is 51.1 Å². The molecule has 1 aliphatic rings. The maximum Gasteiger partial charge on any atom is 0.256 e. The molecule has 118 valence electrons. The minimum atomic E-state index is -0.0880. The van der Waals surface area contributed by atoms with E-state index in [0.717, 1.165) is 20.4 Å². The first-order valence-electron chi connectivity index (χ1n) is 7.26. The third kappa shape index (κ3) is 3.06. The Kier molecular flexibility index (Phi) is 4.56. The lowest BCUT2D eigenvalue weighted by Crippen LogP contribution is -2.03. The van der Waals surface area contributed by atoms with E-state index in [4.69, 9.17) is 9.47 Å². The van der Waals surface area contributed by atoms with Crippen LogP contribution in [0.2, 0.25) is 0 Å². The number of halogens is 1. The summed E-state index contributed by atoms with van der Waals surface area (Å²) >= 11 is 2.21. The molecule has 1 amide bonds. The Bertz CT molecular complexity index is 799. The Morgan fingerprint density at radius 3 is 2.78 bits per heavy atom. The van der Waals surface area contributed by atoms with Gasteiger partial charge in [0.05, 0.1) is 17.3 Å². The molecular weight excluding hydrogens is 405 g/mol. The van der Waals surface area contributed by atoms with Crippen molar-refractivity contribution >= 4 is 45.8 Å². The Morgan fingerprint density at radius 2 is 2.04 bits per heavy atom. The number of amides is 1. The molecule has 0 atom stereocenters. The predicted octanol–water partition coefficient (Wildman–Crippen LogP) is 4.19. The summed E-state index contributed by atoms with van der Waals surface area (Å²) < 4.78 is 12.0. The van der Waals surface area contributed by atoms with Gasteiger partial charge in [0.2, 0.25) is 0 Å². The summed E-state index contributed by atoms with van der Waals surface area (Å²) in [6.07, 6.45) is 1.88. The van der Waals surface area contributed by atoms with E-state index in [0.29, 0.717) is 23.7 Å². The number of methoxy groups -OCH3 is 1. The van der Waals surface area contributed by atoms with Crippen molar-refractivity contribution < 1.29 is 14.3 Å². The quantitative estimate of drug-likeness (QED) is 0.595. The van der Waals surface area contributed by atoms with Crippen LogP contribution in [-0.4, -0.2) is 19.6 Å². The predicted molar refractivity (Wildman–Crippen MR) is 99.8 cm³/mol. The molecule has 0 unspecified atom stereocenters. The van der Waals surface area contributed by atoms with Crippen LogP contribution in [0.15, 0.2) is 36.4 Å². The molecule has 0 radical (unpaired) electrons. The number of anilines is 1. The highest BCUT2D eigenvalue weighted by Crippen LogP contribution is 2.37. The van der Waals surface area contributed by atoms with Gasteiger partial charge in [-0.2, -0.15) is 0 Å². The number of carbonyl (C=O) groups is 1. The van der Waals surface area contributed by atoms with Gasteiger partial charge in [-0.3, -0.25) is 4.79 Å². The van der Waals surface area contributed by atoms with E-state index in [-0.39, 0.29) is 5.91 Å². The minimum absolute atomic E-state index is 0.0880. The van der Waals surface area contributed by atoms with Crippen LogP contribution < -0.4 is 14.8 Å². The molecule has 0 fully saturated rings. The lowest BCUT2D eigenvalue weighted by Gasteiger charge is -2.12. The van der Waals surface area contributed by atoms with Crippen LogP contribution in [0, 0.1) is 3.57 Å². The lowest BCUT2D eigenvalue weighted by molar-refractivity contribution is -0.110. The van der Waals surface area contributed by atoms with Gasteiger partial charge in [0.1, 0.15) is 0 Å². The van der Waals surface area contributed by atoms with Crippen molar-refractivity contribution in [2.24, 2.45) is 0 Å². The molecule has 0 aromatic heterocycles. The zero-order valence-corrected chi connectivity index (χ0v) is 15.0. The van der Waals surface area contributed by atoms with Gasteiger partial charge in [-0.25, -0.2) is 0 Å². The first kappa shape index (κ1) is 15.9. The number of fused-ring (bicyclic) bond motifs is 1. The highest BCUT2D eigenvalue weighted by Gasteiger charge is 2.23. The number of ether oxygens (including phenoxy) is 2. The maximum absolute atomic E-state index is 12.2. The van der Waals surface area contributed by atoms with Crippen LogP contribution in [0.5, 0.6) is 11.5 Å². The fourth-order valence-corrected chi connectivity index (χ4v) is 3.43. The summed E-state index contributed by atoms with van der Waals surface area (Å²) in [6.45, 7) is 2.48. The number of nitrogens with one attached hydrogen (secondary N) is 1. The number of benzene rings is 2. The zero-order valence-electron chi connectivity index (χ0n) is 12.9. The minimum Gasteiger partial charge on any atom is -0.492 e. The maximum atomic E-state index is 12.2. The summed E-state index contributed by atoms with van der Waals surface area (Å²) in [6, 6.07) is 11.5. The zero-order chi connectivity index (χ0) is 16.4. The van der Waals surface area contributed by atoms with Crippen molar-refractivity contribution in [3.63, 3.8) is 0 Å². The molecule has 0 bridgehead atoms. The Labute approximate surface area is 148 Å². The number of hydrogen-bond donors (Lipinski definition) is 1. The molecular formula is C18H16INO3. The molecule has 0 spiro atoms. The van der Waals surface area contributed by atoms with Gasteiger partial charge in [0, 0.05) is 16.8 Å². The van der Waals surface area contributed by atoms with Gasteiger partial charge in [-0.15, -0.1) is 0 Å². The van der Waals surface area contributed by atoms with E-state index in [1.54, 1.807) is 7.11 Å². The molecule has 1 N–H and O–H groups in total.